The topological polar surface area (TPSA) is 15.3 Å². The molecule has 3 aromatic rings. The van der Waals surface area contributed by atoms with Crippen molar-refractivity contribution < 1.29 is 17.0 Å². The van der Waals surface area contributed by atoms with Gasteiger partial charge in [-0.15, -0.1) is 0 Å². The van der Waals surface area contributed by atoms with E-state index in [1.165, 1.54) is 57.6 Å². The number of halogens is 2. The van der Waals surface area contributed by atoms with Gasteiger partial charge in [-0.25, -0.2) is 0 Å². The molecule has 0 spiro atoms. The Morgan fingerprint density at radius 1 is 0.907 bits per heavy atom. The molecule has 0 aliphatic heterocycles. The maximum absolute atomic E-state index is 4.89. The van der Waals surface area contributed by atoms with Crippen molar-refractivity contribution in [1.82, 2.24) is 0 Å². The molecule has 3 aliphatic carbocycles. The molecule has 1 saturated carbocycles. The third-order valence-electron chi connectivity index (χ3n) is 8.59. The van der Waals surface area contributed by atoms with Gasteiger partial charge in [-0.2, -0.15) is 0 Å². The van der Waals surface area contributed by atoms with Crippen LogP contribution in [0.3, 0.4) is 0 Å². The Kier molecular flexibility index (Phi) is 14.2. The maximum atomic E-state index is 4.89. The first-order valence-corrected chi connectivity index (χ1v) is 19.3. The van der Waals surface area contributed by atoms with Crippen molar-refractivity contribution in [3.05, 3.63) is 131 Å². The summed E-state index contributed by atoms with van der Waals surface area (Å²) in [6.45, 7) is 10.8. The molecule has 0 bridgehead atoms. The van der Waals surface area contributed by atoms with Crippen LogP contribution < -0.4 is 10.2 Å². The van der Waals surface area contributed by atoms with Crippen LogP contribution in [0, 0.1) is 39.0 Å². The predicted molar refractivity (Wildman–Crippen MR) is 187 cm³/mol. The number of benzene rings is 3. The Balaban J connectivity index is 0.000000212. The van der Waals surface area contributed by atoms with Crippen LogP contribution in [0.25, 0.3) is 6.08 Å². The van der Waals surface area contributed by atoms with Gasteiger partial charge in [0.25, 0.3) is 0 Å². The Morgan fingerprint density at radius 3 is 2.23 bits per heavy atom. The molecule has 43 heavy (non-hydrogen) atoms. The summed E-state index contributed by atoms with van der Waals surface area (Å²) in [6.07, 6.45) is 13.2. The second-order valence-corrected chi connectivity index (χ2v) is 14.7. The molecule has 5 heteroatoms. The molecule has 0 aromatic heterocycles. The van der Waals surface area contributed by atoms with E-state index in [4.69, 9.17) is 18.6 Å². The van der Waals surface area contributed by atoms with Crippen LogP contribution in [0.4, 0.5) is 11.4 Å². The molecule has 3 aliphatic rings. The van der Waals surface area contributed by atoms with Crippen molar-refractivity contribution in [2.24, 2.45) is 17.8 Å². The summed E-state index contributed by atoms with van der Waals surface area (Å²) >= 11 is -0.556. The molecule has 228 valence electrons. The molecule has 3 unspecified atom stereocenters. The van der Waals surface area contributed by atoms with Crippen molar-refractivity contribution in [3.63, 3.8) is 0 Å². The third kappa shape index (κ3) is 10.2. The van der Waals surface area contributed by atoms with Crippen molar-refractivity contribution in [3.8, 4) is 0 Å². The van der Waals surface area contributed by atoms with Gasteiger partial charge in [0.2, 0.25) is 0 Å². The molecule has 3 atom stereocenters. The first kappa shape index (κ1) is 35.3. The van der Waals surface area contributed by atoms with E-state index in [0.29, 0.717) is 0 Å². The molecule has 1 N–H and O–H groups in total. The monoisotopic (exact) mass is 649 g/mol. The third-order valence-corrected chi connectivity index (χ3v) is 8.59. The number of likely N-dealkylation sites (N-methyl/N-ethyl adjacent to an activating group) is 1. The second-order valence-electron chi connectivity index (χ2n) is 12.1. The van der Waals surface area contributed by atoms with Gasteiger partial charge >= 0.3 is 35.6 Å². The van der Waals surface area contributed by atoms with Crippen LogP contribution >= 0.6 is 18.6 Å². The van der Waals surface area contributed by atoms with Gasteiger partial charge in [-0.1, -0.05) is 90.4 Å². The zero-order valence-corrected chi connectivity index (χ0v) is 29.7. The minimum atomic E-state index is -0.556. The van der Waals surface area contributed by atoms with Crippen molar-refractivity contribution in [2.75, 3.05) is 23.8 Å². The van der Waals surface area contributed by atoms with Gasteiger partial charge in [0.15, 0.2) is 0 Å². The van der Waals surface area contributed by atoms with Crippen LogP contribution in [-0.4, -0.2) is 13.6 Å². The number of rotatable bonds is 6. The molecular weight excluding hydrogens is 603 g/mol. The first-order valence-electron chi connectivity index (χ1n) is 15.0. The molecule has 3 aromatic carbocycles. The molecule has 0 amide bonds. The van der Waals surface area contributed by atoms with E-state index in [0.717, 1.165) is 37.3 Å². The van der Waals surface area contributed by atoms with Crippen molar-refractivity contribution in [2.45, 2.75) is 53.5 Å². The van der Waals surface area contributed by atoms with Gasteiger partial charge in [0.05, 0.1) is 0 Å². The summed E-state index contributed by atoms with van der Waals surface area (Å²) in [7, 11) is 12.0. The summed E-state index contributed by atoms with van der Waals surface area (Å²) in [4.78, 5) is 2.38. The number of anilines is 2. The standard InChI is InChI=1S/C19H25N.C18H19N.CH3.2ClH.Ti/c1-14-7-9-18(10-8-14)20(3)13-17-6-4-5-16-11-15(2)12-19(16)17;1-13-6-8-17(9-7-13)19-12-16-5-3-4-15-10-14(2)11-18(15)16;;;;/h4-10,15-16,19H,11-13H2,1-3H3;3-10,19H,11-12H2,1-2H3;1H3;2*1H;/q;;-1;;;+2/p-2. The van der Waals surface area contributed by atoms with Gasteiger partial charge in [-0.05, 0) is 104 Å². The Morgan fingerprint density at radius 2 is 1.56 bits per heavy atom. The van der Waals surface area contributed by atoms with E-state index in [9.17, 15) is 0 Å². The number of hydrogen-bond donors (Lipinski definition) is 1. The quantitative estimate of drug-likeness (QED) is 0.211. The average molecular weight is 651 g/mol. The fourth-order valence-electron chi connectivity index (χ4n) is 6.39. The van der Waals surface area contributed by atoms with Crippen molar-refractivity contribution in [1.29, 1.82) is 0 Å². The van der Waals surface area contributed by atoms with Crippen LogP contribution in [0.5, 0.6) is 0 Å². The van der Waals surface area contributed by atoms with Crippen LogP contribution in [-0.2, 0) is 30.0 Å². The Labute approximate surface area is 278 Å². The molecule has 0 radical (unpaired) electrons. The second kappa shape index (κ2) is 17.3. The zero-order chi connectivity index (χ0) is 30.1. The van der Waals surface area contributed by atoms with E-state index >= 15 is 0 Å². The summed E-state index contributed by atoms with van der Waals surface area (Å²) in [5.74, 6) is 2.44. The number of aryl methyl sites for hydroxylation is 2. The molecule has 0 heterocycles. The van der Waals surface area contributed by atoms with E-state index in [1.807, 2.05) is 0 Å². The van der Waals surface area contributed by atoms with E-state index in [1.54, 1.807) is 5.57 Å². The number of nitrogens with one attached hydrogen (secondary N) is 1. The van der Waals surface area contributed by atoms with Crippen LogP contribution in [0.15, 0.2) is 96.1 Å². The summed E-state index contributed by atoms with van der Waals surface area (Å²) in [6, 6.07) is 24.0. The number of allylic oxidation sites excluding steroid dienone is 4. The van der Waals surface area contributed by atoms with Gasteiger partial charge in [-0.3, -0.25) is 0 Å². The zero-order valence-electron chi connectivity index (χ0n) is 26.6. The van der Waals surface area contributed by atoms with Gasteiger partial charge < -0.3 is 17.6 Å². The fraction of sp³-hybridized carbons (Fsp3) is 0.342. The van der Waals surface area contributed by atoms with Crippen molar-refractivity contribution >= 4 is 36.1 Å². The molecule has 6 rings (SSSR count). The van der Waals surface area contributed by atoms with Crippen LogP contribution in [0.2, 0.25) is 0 Å². The van der Waals surface area contributed by atoms with E-state index in [-0.39, 0.29) is 7.43 Å². The predicted octanol–water partition coefficient (Wildman–Crippen LogP) is 11.0. The minimum absolute atomic E-state index is 0. The van der Waals surface area contributed by atoms with Gasteiger partial charge in [0.1, 0.15) is 0 Å². The molecule has 1 fully saturated rings. The molecule has 0 saturated heterocycles. The number of fused-ring (bicyclic) bond motifs is 2. The summed E-state index contributed by atoms with van der Waals surface area (Å²) < 4.78 is 0. The normalized spacial score (nSPS) is 19.2. The van der Waals surface area contributed by atoms with E-state index in [2.05, 4.69) is 136 Å². The SMILES string of the molecule is CC1=Cc2cccc(CNc3ccc(C)cc3)c2C1.Cc1ccc(N(C)CC2=CC=CC3CC(C)CC23)cc1.[CH3-].[Cl][Ti][Cl]. The Hall–Kier alpha value is -2.23. The Bertz CT molecular complexity index is 1390. The molecule has 2 nitrogen and oxygen atoms in total. The van der Waals surface area contributed by atoms with Crippen LogP contribution in [0.1, 0.15) is 54.5 Å². The fourth-order valence-corrected chi connectivity index (χ4v) is 6.39. The van der Waals surface area contributed by atoms with Gasteiger partial charge in [0, 0.05) is 31.5 Å². The van der Waals surface area contributed by atoms with E-state index < -0.39 is 17.0 Å². The number of nitrogens with zero attached hydrogens (tertiary/aromatic N) is 1. The average Bonchev–Trinajstić information content (AvgIpc) is 3.55. The summed E-state index contributed by atoms with van der Waals surface area (Å²) in [5.41, 5.74) is 12.5. The summed E-state index contributed by atoms with van der Waals surface area (Å²) in [5, 5.41) is 3.51. The molecular formula is C38H47Cl2N2Ti-. The first-order chi connectivity index (χ1) is 20.3. The number of hydrogen-bond acceptors (Lipinski definition) is 2.